The Morgan fingerprint density at radius 3 is 2.05 bits per heavy atom. The summed E-state index contributed by atoms with van der Waals surface area (Å²) in [6, 6.07) is 7.29. The van der Waals surface area contributed by atoms with E-state index >= 15 is 0 Å². The number of benzene rings is 1. The highest BCUT2D eigenvalue weighted by atomic mass is 35.5. The lowest BCUT2D eigenvalue weighted by Crippen LogP contribution is -2.72. The zero-order chi connectivity index (χ0) is 30.9. The largest absolute Gasteiger partial charge is 0.466 e. The van der Waals surface area contributed by atoms with Gasteiger partial charge in [0.2, 0.25) is 5.91 Å². The Balaban J connectivity index is 2.79. The van der Waals surface area contributed by atoms with E-state index in [0.29, 0.717) is 4.90 Å². The number of hydrogen-bond acceptors (Lipinski definition) is 13. The molecule has 15 heteroatoms. The molecule has 1 N–H and O–H groups in total. The molecular weight excluding hydrogens is 586 g/mol. The molecule has 0 aromatic heterocycles. The molecule has 1 aromatic rings. The summed E-state index contributed by atoms with van der Waals surface area (Å²) < 4.78 is 32.5. The molecule has 226 valence electrons. The third-order valence-electron chi connectivity index (χ3n) is 5.58. The number of alkyl halides is 1. The monoisotopic (exact) mass is 617 g/mol. The van der Waals surface area contributed by atoms with E-state index in [9.17, 15) is 28.8 Å². The average Bonchev–Trinajstić information content (AvgIpc) is 2.88. The summed E-state index contributed by atoms with van der Waals surface area (Å²) in [5, 5.41) is -1.03. The maximum absolute atomic E-state index is 13.2. The second-order valence-electron chi connectivity index (χ2n) is 8.90. The minimum absolute atomic E-state index is 0.594. The van der Waals surface area contributed by atoms with E-state index in [-0.39, 0.29) is 0 Å². The molecule has 0 bridgehead atoms. The Morgan fingerprint density at radius 1 is 0.951 bits per heavy atom. The summed E-state index contributed by atoms with van der Waals surface area (Å²) in [7, 11) is 1.06. The van der Waals surface area contributed by atoms with Gasteiger partial charge in [0.15, 0.2) is 12.2 Å². The molecule has 1 amide bonds. The van der Waals surface area contributed by atoms with Crippen LogP contribution in [0.15, 0.2) is 35.2 Å². The van der Waals surface area contributed by atoms with Crippen LogP contribution in [0.1, 0.15) is 34.6 Å². The molecule has 0 saturated carbocycles. The number of ether oxygens (including phenoxy) is 6. The van der Waals surface area contributed by atoms with Crippen LogP contribution < -0.4 is 5.32 Å². The maximum atomic E-state index is 13.2. The van der Waals surface area contributed by atoms with Crippen molar-refractivity contribution < 1.29 is 57.2 Å². The van der Waals surface area contributed by atoms with Crippen molar-refractivity contribution in [3.8, 4) is 0 Å². The van der Waals surface area contributed by atoms with Crippen molar-refractivity contribution in [2.75, 3.05) is 13.7 Å². The highest BCUT2D eigenvalue weighted by Crippen LogP contribution is 2.46. The molecule has 13 nitrogen and oxygen atoms in total. The van der Waals surface area contributed by atoms with E-state index < -0.39 is 83.1 Å². The SMILES string of the molecule is COC(=O)[C@@]1(Cl)O[C@@H]([C@H](OC(C)=O)[C@@H](COC(C)=O)OC(C)=O)[C@H](NC(C)=O)[C@@H](OC(C)=O)[C@@H]1Sc1ccccc1. The highest BCUT2D eigenvalue weighted by Gasteiger charge is 2.63. The van der Waals surface area contributed by atoms with Crippen molar-refractivity contribution in [2.24, 2.45) is 0 Å². The molecule has 41 heavy (non-hydrogen) atoms. The lowest BCUT2D eigenvalue weighted by atomic mass is 9.88. The number of carbonyl (C=O) groups is 6. The molecule has 1 saturated heterocycles. The summed E-state index contributed by atoms with van der Waals surface area (Å²) >= 11 is 7.89. The van der Waals surface area contributed by atoms with Crippen molar-refractivity contribution in [3.05, 3.63) is 30.3 Å². The molecule has 0 unspecified atom stereocenters. The van der Waals surface area contributed by atoms with Crippen LogP contribution in [0.3, 0.4) is 0 Å². The maximum Gasteiger partial charge on any atom is 0.355 e. The first kappa shape index (κ1) is 33.8. The van der Waals surface area contributed by atoms with Gasteiger partial charge in [0.25, 0.3) is 5.06 Å². The van der Waals surface area contributed by atoms with Gasteiger partial charge in [-0.05, 0) is 12.1 Å². The van der Waals surface area contributed by atoms with Gasteiger partial charge in [0.1, 0.15) is 24.1 Å². The molecule has 7 atom stereocenters. The zero-order valence-electron chi connectivity index (χ0n) is 23.2. The molecule has 1 aliphatic rings. The van der Waals surface area contributed by atoms with Crippen molar-refractivity contribution in [1.82, 2.24) is 5.32 Å². The van der Waals surface area contributed by atoms with E-state index in [2.05, 4.69) is 5.32 Å². The fourth-order valence-corrected chi connectivity index (χ4v) is 5.88. The number of carbonyl (C=O) groups excluding carboxylic acids is 6. The number of nitrogens with one attached hydrogen (secondary N) is 1. The number of halogens is 1. The first-order chi connectivity index (χ1) is 19.2. The predicted octanol–water partition coefficient (Wildman–Crippen LogP) is 1.52. The topological polar surface area (TPSA) is 170 Å². The Hall–Kier alpha value is -3.36. The number of esters is 5. The molecule has 1 fully saturated rings. The van der Waals surface area contributed by atoms with Gasteiger partial charge in [-0.3, -0.25) is 24.0 Å². The van der Waals surface area contributed by atoms with E-state index in [0.717, 1.165) is 46.6 Å². The average molecular weight is 618 g/mol. The summed E-state index contributed by atoms with van der Waals surface area (Å²) in [5.41, 5.74) is 0. The smallest absolute Gasteiger partial charge is 0.355 e. The van der Waals surface area contributed by atoms with Crippen LogP contribution in [-0.2, 0) is 57.2 Å². The Bertz CT molecular complexity index is 1130. The first-order valence-corrected chi connectivity index (χ1v) is 13.5. The van der Waals surface area contributed by atoms with Gasteiger partial charge in [-0.25, -0.2) is 4.79 Å². The van der Waals surface area contributed by atoms with Gasteiger partial charge < -0.3 is 33.7 Å². The van der Waals surface area contributed by atoms with Crippen LogP contribution in [0, 0.1) is 0 Å². The molecule has 2 rings (SSSR count). The normalized spacial score (nSPS) is 25.0. The molecule has 0 spiro atoms. The summed E-state index contributed by atoms with van der Waals surface area (Å²) in [4.78, 5) is 74.4. The van der Waals surface area contributed by atoms with Crippen LogP contribution in [0.25, 0.3) is 0 Å². The fourth-order valence-electron chi connectivity index (χ4n) is 4.17. The van der Waals surface area contributed by atoms with Gasteiger partial charge in [-0.1, -0.05) is 29.8 Å². The lowest BCUT2D eigenvalue weighted by Gasteiger charge is -2.50. The van der Waals surface area contributed by atoms with Crippen LogP contribution in [0.4, 0.5) is 0 Å². The number of rotatable bonds is 11. The minimum atomic E-state index is -2.41. The van der Waals surface area contributed by atoms with Crippen LogP contribution in [0.5, 0.6) is 0 Å². The quantitative estimate of drug-likeness (QED) is 0.215. The predicted molar refractivity (Wildman–Crippen MR) is 142 cm³/mol. The van der Waals surface area contributed by atoms with E-state index in [1.54, 1.807) is 30.3 Å². The second-order valence-corrected chi connectivity index (χ2v) is 10.7. The van der Waals surface area contributed by atoms with E-state index in [4.69, 9.17) is 40.0 Å². The van der Waals surface area contributed by atoms with Gasteiger partial charge in [-0.2, -0.15) is 0 Å². The van der Waals surface area contributed by atoms with Crippen LogP contribution >= 0.6 is 23.4 Å². The molecule has 1 aliphatic heterocycles. The van der Waals surface area contributed by atoms with Crippen molar-refractivity contribution in [1.29, 1.82) is 0 Å². The number of thioether (sulfide) groups is 1. The Labute approximate surface area is 245 Å². The fraction of sp³-hybridized carbons (Fsp3) is 0.538. The van der Waals surface area contributed by atoms with E-state index in [1.807, 2.05) is 0 Å². The van der Waals surface area contributed by atoms with Crippen LogP contribution in [0.2, 0.25) is 0 Å². The van der Waals surface area contributed by atoms with Gasteiger partial charge in [-0.15, -0.1) is 11.8 Å². The van der Waals surface area contributed by atoms with Crippen molar-refractivity contribution >= 4 is 59.1 Å². The standard InChI is InChI=1S/C26H32ClNO12S/c1-13(29)28-20-22(21(38-16(4)32)19(37-15(3)31)12-36-14(2)30)40-26(27,25(34)35-6)24(23(20)39-17(5)33)41-18-10-8-7-9-11-18/h7-11,19-24H,12H2,1-6H3,(H,28,29)/t19-,20+,21-,22-,23-,24+,26+/m1/s1. The number of methoxy groups -OCH3 is 1. The third kappa shape index (κ3) is 9.33. The van der Waals surface area contributed by atoms with Crippen molar-refractivity contribution in [2.45, 2.75) is 80.3 Å². The first-order valence-electron chi connectivity index (χ1n) is 12.3. The number of hydrogen-bond donors (Lipinski definition) is 1. The van der Waals surface area contributed by atoms with Gasteiger partial charge >= 0.3 is 29.8 Å². The Morgan fingerprint density at radius 2 is 1.56 bits per heavy atom. The molecular formula is C26H32ClNO12S. The molecule has 0 aliphatic carbocycles. The molecule has 1 aromatic carbocycles. The van der Waals surface area contributed by atoms with Gasteiger partial charge in [0, 0.05) is 39.5 Å². The Kier molecular flexibility index (Phi) is 12.4. The summed E-state index contributed by atoms with van der Waals surface area (Å²) in [6.07, 6.45) is -6.16. The third-order valence-corrected chi connectivity index (χ3v) is 7.59. The van der Waals surface area contributed by atoms with E-state index in [1.165, 1.54) is 6.92 Å². The van der Waals surface area contributed by atoms with Crippen LogP contribution in [-0.4, -0.2) is 90.2 Å². The summed E-state index contributed by atoms with van der Waals surface area (Å²) in [6.45, 7) is 4.89. The second kappa shape index (κ2) is 15.0. The van der Waals surface area contributed by atoms with Gasteiger partial charge in [0.05, 0.1) is 13.2 Å². The lowest BCUT2D eigenvalue weighted by molar-refractivity contribution is -0.223. The van der Waals surface area contributed by atoms with Crippen molar-refractivity contribution in [3.63, 3.8) is 0 Å². The summed E-state index contributed by atoms with van der Waals surface area (Å²) in [5.74, 6) is -4.98. The molecule has 1 heterocycles. The minimum Gasteiger partial charge on any atom is -0.466 e. The molecule has 0 radical (unpaired) electrons. The zero-order valence-corrected chi connectivity index (χ0v) is 24.8. The highest BCUT2D eigenvalue weighted by molar-refractivity contribution is 8.00. The number of amides is 1.